The van der Waals surface area contributed by atoms with Crippen LogP contribution in [0.5, 0.6) is 0 Å². The molecule has 0 aliphatic carbocycles. The molecule has 1 unspecified atom stereocenters. The Hall–Kier alpha value is -0.610. The van der Waals surface area contributed by atoms with Gasteiger partial charge in [0.1, 0.15) is 0 Å². The molecule has 15 heavy (non-hydrogen) atoms. The SMILES string of the molecule is CC(C)CCC(C)n1c(CO)c[nH]c1=S. The van der Waals surface area contributed by atoms with Gasteiger partial charge < -0.3 is 14.7 Å². The molecule has 0 aliphatic heterocycles. The first-order chi connectivity index (χ1) is 7.06. The molecule has 86 valence electrons. The predicted molar refractivity (Wildman–Crippen MR) is 64.3 cm³/mol. The van der Waals surface area contributed by atoms with Crippen LogP contribution in [0.1, 0.15) is 45.3 Å². The Morgan fingerprint density at radius 1 is 1.40 bits per heavy atom. The number of aliphatic hydroxyl groups is 1. The lowest BCUT2D eigenvalue weighted by molar-refractivity contribution is 0.264. The number of H-pyrrole nitrogens is 1. The normalized spacial score (nSPS) is 13.4. The Morgan fingerprint density at radius 2 is 2.07 bits per heavy atom. The van der Waals surface area contributed by atoms with E-state index in [2.05, 4.69) is 25.8 Å². The summed E-state index contributed by atoms with van der Waals surface area (Å²) in [6.45, 7) is 6.62. The predicted octanol–water partition coefficient (Wildman–Crippen LogP) is 3.04. The van der Waals surface area contributed by atoms with Gasteiger partial charge >= 0.3 is 0 Å². The fourth-order valence-corrected chi connectivity index (χ4v) is 2.08. The zero-order valence-electron chi connectivity index (χ0n) is 9.66. The fraction of sp³-hybridized carbons (Fsp3) is 0.727. The van der Waals surface area contributed by atoms with Gasteiger partial charge in [-0.05, 0) is 37.9 Å². The lowest BCUT2D eigenvalue weighted by atomic mass is 10.0. The van der Waals surface area contributed by atoms with Gasteiger partial charge in [0.2, 0.25) is 0 Å². The molecule has 1 aromatic heterocycles. The molecule has 3 nitrogen and oxygen atoms in total. The van der Waals surface area contributed by atoms with Crippen molar-refractivity contribution in [3.05, 3.63) is 16.7 Å². The Balaban J connectivity index is 2.76. The number of imidazole rings is 1. The minimum atomic E-state index is 0.0408. The first-order valence-corrected chi connectivity index (χ1v) is 5.86. The first kappa shape index (κ1) is 12.5. The monoisotopic (exact) mass is 228 g/mol. The van der Waals surface area contributed by atoms with Gasteiger partial charge in [0.25, 0.3) is 0 Å². The molecule has 1 aromatic rings. The van der Waals surface area contributed by atoms with Crippen molar-refractivity contribution in [2.45, 2.75) is 46.3 Å². The van der Waals surface area contributed by atoms with Crippen LogP contribution in [0, 0.1) is 10.7 Å². The van der Waals surface area contributed by atoms with Crippen LogP contribution in [0.3, 0.4) is 0 Å². The van der Waals surface area contributed by atoms with Crippen LogP contribution in [-0.2, 0) is 6.61 Å². The molecular formula is C11H20N2OS. The van der Waals surface area contributed by atoms with E-state index < -0.39 is 0 Å². The summed E-state index contributed by atoms with van der Waals surface area (Å²) in [5, 5.41) is 9.17. The number of rotatable bonds is 5. The van der Waals surface area contributed by atoms with Crippen LogP contribution < -0.4 is 0 Å². The molecule has 0 bridgehead atoms. The summed E-state index contributed by atoms with van der Waals surface area (Å²) < 4.78 is 2.72. The summed E-state index contributed by atoms with van der Waals surface area (Å²) in [6.07, 6.45) is 4.06. The second-order valence-electron chi connectivity index (χ2n) is 4.43. The van der Waals surface area contributed by atoms with Gasteiger partial charge in [-0.1, -0.05) is 13.8 Å². The maximum atomic E-state index is 9.17. The third-order valence-corrected chi connectivity index (χ3v) is 2.97. The van der Waals surface area contributed by atoms with Crippen LogP contribution in [0.2, 0.25) is 0 Å². The first-order valence-electron chi connectivity index (χ1n) is 5.46. The molecule has 0 aliphatic rings. The quantitative estimate of drug-likeness (QED) is 0.761. The van der Waals surface area contributed by atoms with Crippen LogP contribution in [0.25, 0.3) is 0 Å². The molecule has 1 heterocycles. The number of nitrogens with zero attached hydrogens (tertiary/aromatic N) is 1. The highest BCUT2D eigenvalue weighted by molar-refractivity contribution is 7.71. The molecule has 0 saturated heterocycles. The van der Waals surface area contributed by atoms with E-state index in [0.29, 0.717) is 16.7 Å². The highest BCUT2D eigenvalue weighted by Crippen LogP contribution is 2.19. The molecule has 0 saturated carbocycles. The van der Waals surface area contributed by atoms with Crippen molar-refractivity contribution in [2.75, 3.05) is 0 Å². The lowest BCUT2D eigenvalue weighted by Crippen LogP contribution is -2.10. The number of hydrogen-bond donors (Lipinski definition) is 2. The van der Waals surface area contributed by atoms with Gasteiger partial charge in [-0.25, -0.2) is 0 Å². The van der Waals surface area contributed by atoms with Crippen molar-refractivity contribution in [3.8, 4) is 0 Å². The molecule has 0 fully saturated rings. The molecule has 1 rings (SSSR count). The van der Waals surface area contributed by atoms with Crippen molar-refractivity contribution < 1.29 is 5.11 Å². The van der Waals surface area contributed by atoms with Gasteiger partial charge in [-0.15, -0.1) is 0 Å². The van der Waals surface area contributed by atoms with Crippen molar-refractivity contribution in [2.24, 2.45) is 5.92 Å². The third-order valence-electron chi connectivity index (χ3n) is 2.66. The van der Waals surface area contributed by atoms with Crippen LogP contribution in [-0.4, -0.2) is 14.7 Å². The Morgan fingerprint density at radius 3 is 2.60 bits per heavy atom. The second kappa shape index (κ2) is 5.47. The zero-order valence-corrected chi connectivity index (χ0v) is 10.5. The van der Waals surface area contributed by atoms with Crippen molar-refractivity contribution in [1.29, 1.82) is 0 Å². The van der Waals surface area contributed by atoms with Gasteiger partial charge in [-0.3, -0.25) is 0 Å². The van der Waals surface area contributed by atoms with E-state index in [1.54, 1.807) is 6.20 Å². The summed E-state index contributed by atoms with van der Waals surface area (Å²) >= 11 is 5.19. The third kappa shape index (κ3) is 3.18. The molecule has 4 heteroatoms. The molecule has 0 spiro atoms. The summed E-state index contributed by atoms with van der Waals surface area (Å²) in [4.78, 5) is 2.97. The number of nitrogens with one attached hydrogen (secondary N) is 1. The number of aliphatic hydroxyl groups excluding tert-OH is 1. The lowest BCUT2D eigenvalue weighted by Gasteiger charge is -2.16. The van der Waals surface area contributed by atoms with Gasteiger partial charge in [0.05, 0.1) is 12.3 Å². The van der Waals surface area contributed by atoms with Crippen molar-refractivity contribution in [3.63, 3.8) is 0 Å². The van der Waals surface area contributed by atoms with Gasteiger partial charge in [0.15, 0.2) is 4.77 Å². The topological polar surface area (TPSA) is 41.0 Å². The van der Waals surface area contributed by atoms with E-state index in [0.717, 1.165) is 12.1 Å². The molecular weight excluding hydrogens is 208 g/mol. The molecule has 2 N–H and O–H groups in total. The van der Waals surface area contributed by atoms with Crippen molar-refractivity contribution >= 4 is 12.2 Å². The second-order valence-corrected chi connectivity index (χ2v) is 4.82. The van der Waals surface area contributed by atoms with Crippen LogP contribution in [0.4, 0.5) is 0 Å². The number of aromatic nitrogens is 2. The largest absolute Gasteiger partial charge is 0.390 e. The summed E-state index contributed by atoms with van der Waals surface area (Å²) in [7, 11) is 0. The fourth-order valence-electron chi connectivity index (χ4n) is 1.72. The average molecular weight is 228 g/mol. The summed E-state index contributed by atoms with van der Waals surface area (Å²) in [5.74, 6) is 0.707. The average Bonchev–Trinajstić information content (AvgIpc) is 2.56. The van der Waals surface area contributed by atoms with E-state index in [9.17, 15) is 5.11 Å². The van der Waals surface area contributed by atoms with Crippen molar-refractivity contribution in [1.82, 2.24) is 9.55 Å². The standard InChI is InChI=1S/C11H20N2OS/c1-8(2)4-5-9(3)13-10(7-14)6-12-11(13)15/h6,8-9,14H,4-5,7H2,1-3H3,(H,12,15). The summed E-state index contributed by atoms with van der Waals surface area (Å²) in [5.41, 5.74) is 0.872. The van der Waals surface area contributed by atoms with E-state index in [1.807, 2.05) is 4.57 Å². The maximum Gasteiger partial charge on any atom is 0.177 e. The molecule has 1 atom stereocenters. The molecule has 0 amide bonds. The number of aromatic amines is 1. The summed E-state index contributed by atoms with van der Waals surface area (Å²) in [6, 6.07) is 0.355. The highest BCUT2D eigenvalue weighted by atomic mass is 32.1. The van der Waals surface area contributed by atoms with E-state index in [-0.39, 0.29) is 6.61 Å². The minimum Gasteiger partial charge on any atom is -0.390 e. The Kier molecular flexibility index (Phi) is 4.54. The van der Waals surface area contributed by atoms with Crippen LogP contribution in [0.15, 0.2) is 6.20 Å². The van der Waals surface area contributed by atoms with Crippen LogP contribution >= 0.6 is 12.2 Å². The molecule has 0 radical (unpaired) electrons. The van der Waals surface area contributed by atoms with E-state index >= 15 is 0 Å². The minimum absolute atomic E-state index is 0.0408. The molecule has 0 aromatic carbocycles. The Labute approximate surface area is 96.1 Å². The smallest absolute Gasteiger partial charge is 0.177 e. The maximum absolute atomic E-state index is 9.17. The van der Waals surface area contributed by atoms with E-state index in [1.165, 1.54) is 6.42 Å². The number of hydrogen-bond acceptors (Lipinski definition) is 2. The van der Waals surface area contributed by atoms with Gasteiger partial charge in [0, 0.05) is 12.2 Å². The zero-order chi connectivity index (χ0) is 11.4. The van der Waals surface area contributed by atoms with Gasteiger partial charge in [-0.2, -0.15) is 0 Å². The highest BCUT2D eigenvalue weighted by Gasteiger charge is 2.10. The Bertz CT molecular complexity index is 354. The van der Waals surface area contributed by atoms with E-state index in [4.69, 9.17) is 12.2 Å².